The van der Waals surface area contributed by atoms with E-state index in [0.29, 0.717) is 13.2 Å². The molecule has 0 spiro atoms. The molecule has 0 radical (unpaired) electrons. The first-order valence-electron chi connectivity index (χ1n) is 10.1. The molecule has 1 aromatic heterocycles. The molecule has 1 aliphatic rings. The Bertz CT molecular complexity index is 1190. The summed E-state index contributed by atoms with van der Waals surface area (Å²) in [4.78, 5) is 16.7. The Morgan fingerprint density at radius 2 is 1.88 bits per heavy atom. The predicted molar refractivity (Wildman–Crippen MR) is 115 cm³/mol. The Balaban J connectivity index is 1.51. The number of halogens is 1. The van der Waals surface area contributed by atoms with Crippen LogP contribution in [0.1, 0.15) is 28.9 Å². The monoisotopic (exact) mass is 458 g/mol. The molecular formula is C22H23FN4O4S. The van der Waals surface area contributed by atoms with E-state index in [4.69, 9.17) is 4.74 Å². The van der Waals surface area contributed by atoms with E-state index in [-0.39, 0.29) is 23.5 Å². The van der Waals surface area contributed by atoms with Gasteiger partial charge in [0.15, 0.2) is 0 Å². The molecule has 1 fully saturated rings. The minimum absolute atomic E-state index is 0.122. The maximum absolute atomic E-state index is 14.4. The number of rotatable bonds is 6. The zero-order valence-electron chi connectivity index (χ0n) is 17.4. The van der Waals surface area contributed by atoms with Gasteiger partial charge in [0.2, 0.25) is 10.0 Å². The van der Waals surface area contributed by atoms with Crippen LogP contribution in [0.4, 0.5) is 4.39 Å². The molecule has 1 amide bonds. The summed E-state index contributed by atoms with van der Waals surface area (Å²) in [6.07, 6.45) is 5.18. The largest absolute Gasteiger partial charge is 0.379 e. The molecule has 1 atom stereocenters. The van der Waals surface area contributed by atoms with Crippen LogP contribution in [-0.4, -0.2) is 54.5 Å². The average molecular weight is 459 g/mol. The Labute approximate surface area is 185 Å². The second kappa shape index (κ2) is 9.19. The van der Waals surface area contributed by atoms with Crippen molar-refractivity contribution in [1.29, 1.82) is 0 Å². The summed E-state index contributed by atoms with van der Waals surface area (Å²) in [5, 5.41) is 2.74. The van der Waals surface area contributed by atoms with E-state index < -0.39 is 27.8 Å². The first kappa shape index (κ1) is 22.1. The van der Waals surface area contributed by atoms with Gasteiger partial charge >= 0.3 is 0 Å². The quantitative estimate of drug-likeness (QED) is 0.613. The van der Waals surface area contributed by atoms with E-state index in [0.717, 1.165) is 23.4 Å². The van der Waals surface area contributed by atoms with Crippen LogP contribution in [0.5, 0.6) is 0 Å². The number of imidazole rings is 1. The number of nitrogens with one attached hydrogen (secondary N) is 1. The lowest BCUT2D eigenvalue weighted by Gasteiger charge is -2.26. The highest BCUT2D eigenvalue weighted by molar-refractivity contribution is 7.89. The van der Waals surface area contributed by atoms with E-state index in [1.165, 1.54) is 10.4 Å². The Hall–Kier alpha value is -3.08. The van der Waals surface area contributed by atoms with Crippen molar-refractivity contribution in [2.45, 2.75) is 17.9 Å². The van der Waals surface area contributed by atoms with Crippen LogP contribution in [0.15, 0.2) is 66.1 Å². The third kappa shape index (κ3) is 4.57. The summed E-state index contributed by atoms with van der Waals surface area (Å²) in [6, 6.07) is 10.3. The van der Waals surface area contributed by atoms with Gasteiger partial charge in [-0.2, -0.15) is 4.31 Å². The summed E-state index contributed by atoms with van der Waals surface area (Å²) in [6.45, 7) is 2.80. The molecule has 0 unspecified atom stereocenters. The number of hydrogen-bond acceptors (Lipinski definition) is 5. The topological polar surface area (TPSA) is 93.5 Å². The highest BCUT2D eigenvalue weighted by Gasteiger charge is 2.28. The van der Waals surface area contributed by atoms with Gasteiger partial charge in [0.25, 0.3) is 5.91 Å². The van der Waals surface area contributed by atoms with E-state index in [2.05, 4.69) is 10.3 Å². The second-order valence-electron chi connectivity index (χ2n) is 7.41. The van der Waals surface area contributed by atoms with E-state index in [1.54, 1.807) is 19.4 Å². The number of aromatic nitrogens is 2. The molecule has 0 bridgehead atoms. The number of benzene rings is 2. The summed E-state index contributed by atoms with van der Waals surface area (Å²) in [7, 11) is -3.84. The highest BCUT2D eigenvalue weighted by atomic mass is 32.2. The molecule has 0 aliphatic carbocycles. The summed E-state index contributed by atoms with van der Waals surface area (Å²) in [5.41, 5.74) is 1.41. The van der Waals surface area contributed by atoms with Crippen molar-refractivity contribution in [2.24, 2.45) is 0 Å². The average Bonchev–Trinajstić information content (AvgIpc) is 3.35. The standard InChI is InChI=1S/C22H23FN4O4S/c1-16(17-2-4-18(5-3-17)26-9-8-24-15-26)25-22(28)20-14-19(6-7-21(20)23)32(29,30)27-10-12-31-13-11-27/h2-9,14-16H,10-13H2,1H3,(H,25,28)/t16-/m0/s1. The van der Waals surface area contributed by atoms with Crippen LogP contribution in [0.25, 0.3) is 5.69 Å². The van der Waals surface area contributed by atoms with Crippen LogP contribution in [0.3, 0.4) is 0 Å². The third-order valence-electron chi connectivity index (χ3n) is 5.33. The van der Waals surface area contributed by atoms with Crippen LogP contribution in [0, 0.1) is 5.82 Å². The van der Waals surface area contributed by atoms with Crippen molar-refractivity contribution in [2.75, 3.05) is 26.3 Å². The minimum atomic E-state index is -3.84. The number of ether oxygens (including phenoxy) is 1. The van der Waals surface area contributed by atoms with Gasteiger partial charge in [-0.25, -0.2) is 17.8 Å². The van der Waals surface area contributed by atoms with Crippen molar-refractivity contribution in [3.63, 3.8) is 0 Å². The van der Waals surface area contributed by atoms with E-state index in [1.807, 2.05) is 35.0 Å². The maximum atomic E-state index is 14.4. The number of morpholine rings is 1. The zero-order valence-corrected chi connectivity index (χ0v) is 18.3. The van der Waals surface area contributed by atoms with Gasteiger partial charge in [-0.15, -0.1) is 0 Å². The van der Waals surface area contributed by atoms with Crippen molar-refractivity contribution >= 4 is 15.9 Å². The van der Waals surface area contributed by atoms with Crippen LogP contribution < -0.4 is 5.32 Å². The van der Waals surface area contributed by atoms with Gasteiger partial charge in [0.05, 0.1) is 36.0 Å². The third-order valence-corrected chi connectivity index (χ3v) is 7.23. The molecule has 4 rings (SSSR count). The zero-order chi connectivity index (χ0) is 22.7. The van der Waals surface area contributed by atoms with Gasteiger partial charge in [0, 0.05) is 31.2 Å². The summed E-state index contributed by atoms with van der Waals surface area (Å²) < 4.78 is 48.4. The fraction of sp³-hybridized carbons (Fsp3) is 0.273. The van der Waals surface area contributed by atoms with E-state index in [9.17, 15) is 17.6 Å². The van der Waals surface area contributed by atoms with Crippen molar-refractivity contribution in [3.05, 3.63) is 78.1 Å². The molecule has 2 aromatic carbocycles. The molecule has 1 N–H and O–H groups in total. The van der Waals surface area contributed by atoms with Gasteiger partial charge in [-0.3, -0.25) is 4.79 Å². The smallest absolute Gasteiger partial charge is 0.254 e. The van der Waals surface area contributed by atoms with Gasteiger partial charge in [0.1, 0.15) is 5.82 Å². The predicted octanol–water partition coefficient (Wildman–Crippen LogP) is 2.52. The molecule has 32 heavy (non-hydrogen) atoms. The normalized spacial score (nSPS) is 15.9. The fourth-order valence-corrected chi connectivity index (χ4v) is 4.91. The second-order valence-corrected chi connectivity index (χ2v) is 9.35. The number of carbonyl (C=O) groups is 1. The molecule has 10 heteroatoms. The molecule has 8 nitrogen and oxygen atoms in total. The molecule has 0 saturated carbocycles. The van der Waals surface area contributed by atoms with Gasteiger partial charge < -0.3 is 14.6 Å². The Kier molecular flexibility index (Phi) is 6.35. The molecule has 1 aliphatic heterocycles. The van der Waals surface area contributed by atoms with E-state index >= 15 is 0 Å². The fourth-order valence-electron chi connectivity index (χ4n) is 3.48. The van der Waals surface area contributed by atoms with Gasteiger partial charge in [-0.05, 0) is 42.8 Å². The number of carbonyl (C=O) groups excluding carboxylic acids is 1. The lowest BCUT2D eigenvalue weighted by Crippen LogP contribution is -2.40. The number of amides is 1. The number of hydrogen-bond donors (Lipinski definition) is 1. The molecule has 168 valence electrons. The van der Waals surface area contributed by atoms with Crippen molar-refractivity contribution < 1.29 is 22.3 Å². The van der Waals surface area contributed by atoms with Crippen LogP contribution in [0.2, 0.25) is 0 Å². The molecule has 1 saturated heterocycles. The first-order valence-corrected chi connectivity index (χ1v) is 11.6. The minimum Gasteiger partial charge on any atom is -0.379 e. The summed E-state index contributed by atoms with van der Waals surface area (Å²) >= 11 is 0. The van der Waals surface area contributed by atoms with Gasteiger partial charge in [-0.1, -0.05) is 12.1 Å². The summed E-state index contributed by atoms with van der Waals surface area (Å²) in [5.74, 6) is -1.47. The lowest BCUT2D eigenvalue weighted by atomic mass is 10.1. The van der Waals surface area contributed by atoms with Crippen molar-refractivity contribution in [3.8, 4) is 5.69 Å². The molecular weight excluding hydrogens is 435 g/mol. The molecule has 2 heterocycles. The van der Waals surface area contributed by atoms with Crippen LogP contribution >= 0.6 is 0 Å². The SMILES string of the molecule is C[C@H](NC(=O)c1cc(S(=O)(=O)N2CCOCC2)ccc1F)c1ccc(-n2ccnc2)cc1. The Morgan fingerprint density at radius 3 is 2.53 bits per heavy atom. The number of nitrogens with zero attached hydrogens (tertiary/aromatic N) is 3. The van der Waals surface area contributed by atoms with Crippen molar-refractivity contribution in [1.82, 2.24) is 19.2 Å². The number of sulfonamides is 1. The Morgan fingerprint density at radius 1 is 1.16 bits per heavy atom. The highest BCUT2D eigenvalue weighted by Crippen LogP contribution is 2.22. The van der Waals surface area contributed by atoms with Crippen LogP contribution in [-0.2, 0) is 14.8 Å². The molecule has 3 aromatic rings. The maximum Gasteiger partial charge on any atom is 0.254 e. The first-order chi connectivity index (χ1) is 15.4. The lowest BCUT2D eigenvalue weighted by molar-refractivity contribution is 0.0730.